The van der Waals surface area contributed by atoms with Crippen molar-refractivity contribution in [2.75, 3.05) is 12.9 Å². The Morgan fingerprint density at radius 2 is 2.21 bits per heavy atom. The van der Waals surface area contributed by atoms with E-state index in [0.29, 0.717) is 0 Å². The van der Waals surface area contributed by atoms with Gasteiger partial charge in [0, 0.05) is 6.20 Å². The third kappa shape index (κ3) is 2.19. The van der Waals surface area contributed by atoms with Crippen LogP contribution in [-0.4, -0.2) is 36.6 Å². The highest BCUT2D eigenvalue weighted by Gasteiger charge is 2.29. The molecule has 8 heteroatoms. The summed E-state index contributed by atoms with van der Waals surface area (Å²) in [6.45, 7) is 1.47. The predicted molar refractivity (Wildman–Crippen MR) is 69.3 cm³/mol. The third-order valence-corrected chi connectivity index (χ3v) is 4.55. The molecule has 2 aromatic rings. The third-order valence-electron chi connectivity index (χ3n) is 2.62. The van der Waals surface area contributed by atoms with E-state index in [4.69, 9.17) is 11.6 Å². The summed E-state index contributed by atoms with van der Waals surface area (Å²) >= 11 is 5.95. The minimum atomic E-state index is -3.65. The lowest BCUT2D eigenvalue weighted by Crippen LogP contribution is -2.13. The van der Waals surface area contributed by atoms with Crippen molar-refractivity contribution < 1.29 is 17.9 Å². The number of imidazole rings is 1. The largest absolute Gasteiger partial charge is 0.464 e. The van der Waals surface area contributed by atoms with Gasteiger partial charge in [0.1, 0.15) is 0 Å². The van der Waals surface area contributed by atoms with Crippen molar-refractivity contribution in [2.45, 2.75) is 11.9 Å². The summed E-state index contributed by atoms with van der Waals surface area (Å²) in [4.78, 5) is 15.8. The maximum absolute atomic E-state index is 12.0. The monoisotopic (exact) mass is 302 g/mol. The Balaban J connectivity index is 2.91. The van der Waals surface area contributed by atoms with E-state index in [0.717, 1.165) is 0 Å². The van der Waals surface area contributed by atoms with E-state index in [9.17, 15) is 13.2 Å². The minimum Gasteiger partial charge on any atom is -0.464 e. The molecule has 0 aliphatic rings. The molecule has 0 amide bonds. The maximum Gasteiger partial charge on any atom is 0.358 e. The molecule has 0 saturated carbocycles. The summed E-state index contributed by atoms with van der Waals surface area (Å²) in [5.74, 6) is -0.944. The van der Waals surface area contributed by atoms with Gasteiger partial charge in [-0.15, -0.1) is 0 Å². The molecule has 0 radical (unpaired) electrons. The van der Waals surface area contributed by atoms with Crippen molar-refractivity contribution in [2.24, 2.45) is 0 Å². The van der Waals surface area contributed by atoms with E-state index >= 15 is 0 Å². The number of fused-ring (bicyclic) bond motifs is 1. The molecule has 6 nitrogen and oxygen atoms in total. The average molecular weight is 303 g/mol. The zero-order valence-corrected chi connectivity index (χ0v) is 11.8. The van der Waals surface area contributed by atoms with Crippen LogP contribution in [0.2, 0.25) is 5.02 Å². The molecule has 19 heavy (non-hydrogen) atoms. The maximum atomic E-state index is 12.0. The summed E-state index contributed by atoms with van der Waals surface area (Å²) in [5, 5.41) is -0.0554. The predicted octanol–water partition coefficient (Wildman–Crippen LogP) is 1.57. The molecule has 0 aromatic carbocycles. The number of carbonyl (C=O) groups excluding carboxylic acids is 1. The van der Waals surface area contributed by atoms with E-state index in [1.807, 2.05) is 0 Å². The Bertz CT molecular complexity index is 751. The van der Waals surface area contributed by atoms with Gasteiger partial charge in [-0.2, -0.15) is 0 Å². The van der Waals surface area contributed by atoms with E-state index in [1.54, 1.807) is 12.1 Å². The number of esters is 1. The van der Waals surface area contributed by atoms with Crippen molar-refractivity contribution in [3.05, 3.63) is 29.0 Å². The van der Waals surface area contributed by atoms with Crippen molar-refractivity contribution in [3.63, 3.8) is 0 Å². The van der Waals surface area contributed by atoms with Crippen LogP contribution in [0.15, 0.2) is 23.4 Å². The normalized spacial score (nSPS) is 11.7. The number of halogens is 1. The number of sulfone groups is 1. The van der Waals surface area contributed by atoms with Crippen LogP contribution >= 0.6 is 11.6 Å². The van der Waals surface area contributed by atoms with Gasteiger partial charge in [-0.25, -0.2) is 18.2 Å². The van der Waals surface area contributed by atoms with E-state index in [-0.39, 0.29) is 27.1 Å². The first-order valence-corrected chi connectivity index (χ1v) is 7.43. The minimum absolute atomic E-state index is 0.137. The van der Waals surface area contributed by atoms with Gasteiger partial charge in [0.05, 0.1) is 17.9 Å². The van der Waals surface area contributed by atoms with Crippen molar-refractivity contribution in [1.82, 2.24) is 9.38 Å². The van der Waals surface area contributed by atoms with Gasteiger partial charge < -0.3 is 4.74 Å². The highest BCUT2D eigenvalue weighted by molar-refractivity contribution is 7.91. The topological polar surface area (TPSA) is 77.7 Å². The van der Waals surface area contributed by atoms with Gasteiger partial charge in [0.25, 0.3) is 0 Å². The van der Waals surface area contributed by atoms with Gasteiger partial charge in [0.15, 0.2) is 26.2 Å². The molecule has 102 valence electrons. The van der Waals surface area contributed by atoms with E-state index in [2.05, 4.69) is 9.72 Å². The summed E-state index contributed by atoms with van der Waals surface area (Å²) in [5.41, 5.74) is 0.0680. The molecule has 2 heterocycles. The quantitative estimate of drug-likeness (QED) is 0.804. The fourth-order valence-corrected chi connectivity index (χ4v) is 2.83. The molecule has 2 aromatic heterocycles. The van der Waals surface area contributed by atoms with Crippen LogP contribution in [0.3, 0.4) is 0 Å². The smallest absolute Gasteiger partial charge is 0.358 e. The zero-order valence-electron chi connectivity index (χ0n) is 10.3. The Labute approximate surface area is 114 Å². The van der Waals surface area contributed by atoms with Crippen LogP contribution < -0.4 is 0 Å². The standard InChI is InChI=1S/C11H11ClN2O4S/c1-3-19(16,17)10-8(11(15)18-2)14-6-4-5-7(12)9(14)13-10/h4-6H,3H2,1-2H3. The molecular weight excluding hydrogens is 292 g/mol. The fourth-order valence-electron chi connectivity index (χ4n) is 1.65. The van der Waals surface area contributed by atoms with Gasteiger partial charge in [-0.05, 0) is 12.1 Å². The average Bonchev–Trinajstić information content (AvgIpc) is 2.79. The summed E-state index contributed by atoms with van der Waals surface area (Å²) in [6.07, 6.45) is 1.51. The first kappa shape index (κ1) is 13.8. The van der Waals surface area contributed by atoms with Crippen LogP contribution in [0, 0.1) is 0 Å². The summed E-state index contributed by atoms with van der Waals surface area (Å²) < 4.78 is 29.9. The lowest BCUT2D eigenvalue weighted by molar-refractivity contribution is 0.0588. The van der Waals surface area contributed by atoms with Crippen molar-refractivity contribution in [1.29, 1.82) is 0 Å². The Morgan fingerprint density at radius 3 is 2.79 bits per heavy atom. The molecule has 0 aliphatic heterocycles. The lowest BCUT2D eigenvalue weighted by Gasteiger charge is -2.02. The first-order valence-electron chi connectivity index (χ1n) is 5.40. The summed E-state index contributed by atoms with van der Waals surface area (Å²) in [7, 11) is -2.48. The number of methoxy groups -OCH3 is 1. The second-order valence-corrected chi connectivity index (χ2v) is 6.31. The number of rotatable bonds is 3. The highest BCUT2D eigenvalue weighted by Crippen LogP contribution is 2.24. The summed E-state index contributed by atoms with van der Waals surface area (Å²) in [6, 6.07) is 3.15. The van der Waals surface area contributed by atoms with Crippen LogP contribution in [0.1, 0.15) is 17.4 Å². The molecule has 0 unspecified atom stereocenters. The SMILES string of the molecule is CCS(=O)(=O)c1nc2c(Cl)cccn2c1C(=O)OC. The Kier molecular flexibility index (Phi) is 3.51. The van der Waals surface area contributed by atoms with Gasteiger partial charge in [0.2, 0.25) is 0 Å². The van der Waals surface area contributed by atoms with E-state index < -0.39 is 15.8 Å². The second kappa shape index (κ2) is 4.82. The van der Waals surface area contributed by atoms with Crippen LogP contribution in [0.4, 0.5) is 0 Å². The van der Waals surface area contributed by atoms with Gasteiger partial charge >= 0.3 is 5.97 Å². The molecule has 0 aliphatic carbocycles. The molecule has 0 N–H and O–H groups in total. The van der Waals surface area contributed by atoms with E-state index in [1.165, 1.54) is 24.6 Å². The number of aromatic nitrogens is 2. The first-order chi connectivity index (χ1) is 8.92. The number of carbonyl (C=O) groups is 1. The van der Waals surface area contributed by atoms with Crippen LogP contribution in [0.5, 0.6) is 0 Å². The fraction of sp³-hybridized carbons (Fsp3) is 0.273. The number of hydrogen-bond acceptors (Lipinski definition) is 5. The highest BCUT2D eigenvalue weighted by atomic mass is 35.5. The molecule has 2 rings (SSSR count). The molecular formula is C11H11ClN2O4S. The molecule has 0 bridgehead atoms. The second-order valence-electron chi connectivity index (χ2n) is 3.71. The zero-order chi connectivity index (χ0) is 14.2. The number of hydrogen-bond donors (Lipinski definition) is 0. The van der Waals surface area contributed by atoms with Gasteiger partial charge in [-0.3, -0.25) is 4.40 Å². The molecule has 0 spiro atoms. The number of nitrogens with zero attached hydrogens (tertiary/aromatic N) is 2. The van der Waals surface area contributed by atoms with Gasteiger partial charge in [-0.1, -0.05) is 18.5 Å². The molecule has 0 atom stereocenters. The molecule has 0 fully saturated rings. The molecule has 0 saturated heterocycles. The Hall–Kier alpha value is -1.60. The lowest BCUT2D eigenvalue weighted by atomic mass is 10.4. The number of ether oxygens (including phenoxy) is 1. The number of pyridine rings is 1. The van der Waals surface area contributed by atoms with Crippen molar-refractivity contribution in [3.8, 4) is 0 Å². The van der Waals surface area contributed by atoms with Crippen molar-refractivity contribution >= 4 is 33.1 Å². The Morgan fingerprint density at radius 1 is 1.53 bits per heavy atom. The van der Waals surface area contributed by atoms with Crippen LogP contribution in [-0.2, 0) is 14.6 Å². The van der Waals surface area contributed by atoms with Crippen LogP contribution in [0.25, 0.3) is 5.65 Å².